The number of hydrogen-bond donors (Lipinski definition) is 2. The zero-order chi connectivity index (χ0) is 15.1. The van der Waals surface area contributed by atoms with Gasteiger partial charge in [0.2, 0.25) is 0 Å². The predicted octanol–water partition coefficient (Wildman–Crippen LogP) is 2.75. The van der Waals surface area contributed by atoms with E-state index in [1.807, 2.05) is 13.1 Å². The van der Waals surface area contributed by atoms with Crippen LogP contribution in [0.5, 0.6) is 0 Å². The van der Waals surface area contributed by atoms with Crippen LogP contribution in [0, 0.1) is 0 Å². The fraction of sp³-hybridized carbons (Fsp3) is 0.667. The highest BCUT2D eigenvalue weighted by atomic mass is 16.3. The molecule has 1 aliphatic heterocycles. The standard InChI is InChI=1S/C18H30N2O/c1-3-9-17-12-7-8-13-20(17)14-18(15-21,19-2)16-10-5-4-6-11-16/h4-6,10-11,17,19,21H,3,7-9,12-15H2,1-2H3. The van der Waals surface area contributed by atoms with Crippen molar-refractivity contribution in [2.24, 2.45) is 0 Å². The Hall–Kier alpha value is -0.900. The Morgan fingerprint density at radius 2 is 2.05 bits per heavy atom. The first-order valence-electron chi connectivity index (χ1n) is 8.35. The summed E-state index contributed by atoms with van der Waals surface area (Å²) in [5.41, 5.74) is 0.820. The van der Waals surface area contributed by atoms with Crippen LogP contribution in [0.3, 0.4) is 0 Å². The fourth-order valence-corrected chi connectivity index (χ4v) is 3.57. The van der Waals surface area contributed by atoms with Gasteiger partial charge >= 0.3 is 0 Å². The van der Waals surface area contributed by atoms with Gasteiger partial charge in [0, 0.05) is 12.6 Å². The van der Waals surface area contributed by atoms with Gasteiger partial charge in [-0.2, -0.15) is 0 Å². The van der Waals surface area contributed by atoms with Crippen molar-refractivity contribution in [3.05, 3.63) is 35.9 Å². The van der Waals surface area contributed by atoms with E-state index in [0.29, 0.717) is 6.04 Å². The Balaban J connectivity index is 2.18. The molecule has 1 aromatic carbocycles. The van der Waals surface area contributed by atoms with Crippen molar-refractivity contribution in [3.8, 4) is 0 Å². The fourth-order valence-electron chi connectivity index (χ4n) is 3.57. The van der Waals surface area contributed by atoms with E-state index in [2.05, 4.69) is 41.4 Å². The highest BCUT2D eigenvalue weighted by Crippen LogP contribution is 2.27. The van der Waals surface area contributed by atoms with Crippen LogP contribution in [-0.2, 0) is 5.54 Å². The van der Waals surface area contributed by atoms with Gasteiger partial charge in [0.25, 0.3) is 0 Å². The second-order valence-electron chi connectivity index (χ2n) is 6.27. The molecule has 1 aliphatic rings. The van der Waals surface area contributed by atoms with Gasteiger partial charge in [-0.15, -0.1) is 0 Å². The topological polar surface area (TPSA) is 35.5 Å². The summed E-state index contributed by atoms with van der Waals surface area (Å²) in [6.45, 7) is 4.43. The summed E-state index contributed by atoms with van der Waals surface area (Å²) in [5.74, 6) is 0. The molecule has 0 bridgehead atoms. The first-order chi connectivity index (χ1) is 10.3. The summed E-state index contributed by atoms with van der Waals surface area (Å²) in [4.78, 5) is 2.59. The maximum Gasteiger partial charge on any atom is 0.0795 e. The molecule has 0 radical (unpaired) electrons. The van der Waals surface area contributed by atoms with Crippen LogP contribution in [0.25, 0.3) is 0 Å². The number of aliphatic hydroxyl groups is 1. The highest BCUT2D eigenvalue weighted by Gasteiger charge is 2.34. The van der Waals surface area contributed by atoms with Crippen molar-refractivity contribution in [2.45, 2.75) is 50.6 Å². The van der Waals surface area contributed by atoms with Crippen molar-refractivity contribution >= 4 is 0 Å². The van der Waals surface area contributed by atoms with E-state index in [4.69, 9.17) is 0 Å². The van der Waals surface area contributed by atoms with Crippen LogP contribution in [0.15, 0.2) is 30.3 Å². The largest absolute Gasteiger partial charge is 0.394 e. The average Bonchev–Trinajstić information content (AvgIpc) is 2.55. The molecule has 0 saturated carbocycles. The number of rotatable bonds is 7. The molecule has 2 N–H and O–H groups in total. The van der Waals surface area contributed by atoms with Gasteiger partial charge in [-0.1, -0.05) is 50.1 Å². The number of likely N-dealkylation sites (N-methyl/N-ethyl adjacent to an activating group) is 1. The second-order valence-corrected chi connectivity index (χ2v) is 6.27. The third kappa shape index (κ3) is 3.85. The SMILES string of the molecule is CCCC1CCCCN1CC(CO)(NC)c1ccccc1. The van der Waals surface area contributed by atoms with Crippen molar-refractivity contribution in [1.82, 2.24) is 10.2 Å². The van der Waals surface area contributed by atoms with Crippen LogP contribution in [0.1, 0.15) is 44.6 Å². The van der Waals surface area contributed by atoms with Gasteiger partial charge in [0.15, 0.2) is 0 Å². The maximum absolute atomic E-state index is 10.1. The van der Waals surface area contributed by atoms with Crippen LogP contribution in [-0.4, -0.2) is 42.8 Å². The predicted molar refractivity (Wildman–Crippen MR) is 88.4 cm³/mol. The van der Waals surface area contributed by atoms with Crippen molar-refractivity contribution in [1.29, 1.82) is 0 Å². The third-order valence-electron chi connectivity index (χ3n) is 4.92. The van der Waals surface area contributed by atoms with Gasteiger partial charge in [0.05, 0.1) is 12.1 Å². The lowest BCUT2D eigenvalue weighted by atomic mass is 9.87. The Kier molecular flexibility index (Phi) is 6.22. The summed E-state index contributed by atoms with van der Waals surface area (Å²) in [6, 6.07) is 11.0. The van der Waals surface area contributed by atoms with Gasteiger partial charge in [-0.3, -0.25) is 4.90 Å². The molecule has 1 saturated heterocycles. The van der Waals surface area contributed by atoms with Gasteiger partial charge in [-0.25, -0.2) is 0 Å². The Labute approximate surface area is 129 Å². The molecule has 1 heterocycles. The van der Waals surface area contributed by atoms with E-state index in [0.717, 1.165) is 13.1 Å². The molecule has 1 aromatic rings. The molecule has 0 aliphatic carbocycles. The maximum atomic E-state index is 10.1. The zero-order valence-electron chi connectivity index (χ0n) is 13.5. The van der Waals surface area contributed by atoms with Crippen LogP contribution in [0.2, 0.25) is 0 Å². The van der Waals surface area contributed by atoms with Crippen molar-refractivity contribution < 1.29 is 5.11 Å². The molecule has 2 rings (SSSR count). The molecule has 0 amide bonds. The smallest absolute Gasteiger partial charge is 0.0795 e. The summed E-state index contributed by atoms with van der Waals surface area (Å²) in [5, 5.41) is 13.5. The van der Waals surface area contributed by atoms with Gasteiger partial charge in [-0.05, 0) is 38.4 Å². The highest BCUT2D eigenvalue weighted by molar-refractivity contribution is 5.25. The minimum Gasteiger partial charge on any atom is -0.394 e. The van der Waals surface area contributed by atoms with Gasteiger partial charge < -0.3 is 10.4 Å². The summed E-state index contributed by atoms with van der Waals surface area (Å²) in [6.07, 6.45) is 6.42. The molecule has 2 unspecified atom stereocenters. The van der Waals surface area contributed by atoms with E-state index in [-0.39, 0.29) is 12.1 Å². The lowest BCUT2D eigenvalue weighted by Crippen LogP contribution is -2.55. The molecule has 21 heavy (non-hydrogen) atoms. The van der Waals surface area contributed by atoms with E-state index >= 15 is 0 Å². The monoisotopic (exact) mass is 290 g/mol. The van der Waals surface area contributed by atoms with E-state index in [1.54, 1.807) is 0 Å². The normalized spacial score (nSPS) is 22.9. The second kappa shape index (κ2) is 7.92. The quantitative estimate of drug-likeness (QED) is 0.810. The Morgan fingerprint density at radius 1 is 1.29 bits per heavy atom. The average molecular weight is 290 g/mol. The van der Waals surface area contributed by atoms with Crippen molar-refractivity contribution in [2.75, 3.05) is 26.7 Å². The molecule has 3 nitrogen and oxygen atoms in total. The van der Waals surface area contributed by atoms with Crippen molar-refractivity contribution in [3.63, 3.8) is 0 Å². The molecule has 0 spiro atoms. The lowest BCUT2D eigenvalue weighted by Gasteiger charge is -2.43. The molecule has 2 atom stereocenters. The summed E-state index contributed by atoms with van der Waals surface area (Å²) in [7, 11) is 1.96. The number of nitrogens with zero attached hydrogens (tertiary/aromatic N) is 1. The number of hydrogen-bond acceptors (Lipinski definition) is 3. The number of benzene rings is 1. The number of aliphatic hydroxyl groups excluding tert-OH is 1. The van der Waals surface area contributed by atoms with Gasteiger partial charge in [0.1, 0.15) is 0 Å². The lowest BCUT2D eigenvalue weighted by molar-refractivity contribution is 0.0645. The van der Waals surface area contributed by atoms with Crippen LogP contribution < -0.4 is 5.32 Å². The zero-order valence-corrected chi connectivity index (χ0v) is 13.5. The molecule has 0 aromatic heterocycles. The third-order valence-corrected chi connectivity index (χ3v) is 4.92. The molecular weight excluding hydrogens is 260 g/mol. The summed E-state index contributed by atoms with van der Waals surface area (Å²) >= 11 is 0. The van der Waals surface area contributed by atoms with Crippen LogP contribution in [0.4, 0.5) is 0 Å². The van der Waals surface area contributed by atoms with E-state index in [1.165, 1.54) is 37.7 Å². The molecular formula is C18H30N2O. The first-order valence-corrected chi connectivity index (χ1v) is 8.35. The minimum atomic E-state index is -0.357. The molecule has 1 fully saturated rings. The number of piperidine rings is 1. The first kappa shape index (κ1) is 16.5. The van der Waals surface area contributed by atoms with Crippen LogP contribution >= 0.6 is 0 Å². The number of likely N-dealkylation sites (tertiary alicyclic amines) is 1. The molecule has 3 heteroatoms. The Morgan fingerprint density at radius 3 is 2.67 bits per heavy atom. The molecule has 118 valence electrons. The minimum absolute atomic E-state index is 0.128. The Bertz CT molecular complexity index is 401. The number of nitrogens with one attached hydrogen (secondary N) is 1. The van der Waals surface area contributed by atoms with E-state index in [9.17, 15) is 5.11 Å². The summed E-state index contributed by atoms with van der Waals surface area (Å²) < 4.78 is 0. The van der Waals surface area contributed by atoms with E-state index < -0.39 is 0 Å².